The lowest BCUT2D eigenvalue weighted by Crippen LogP contribution is -2.62. The average Bonchev–Trinajstić information content (AvgIpc) is 2.84. The fraction of sp³-hybridized carbons (Fsp3) is 0.773. The van der Waals surface area contributed by atoms with Crippen molar-refractivity contribution >= 4 is 12.0 Å². The molecular weight excluding hydrogens is 382 g/mol. The Morgan fingerprint density at radius 3 is 2.33 bits per heavy atom. The standard InChI is InChI=1S/C22H37N5O3/c1-20(2,3)30-19(29)27-10-9-16-15(13-27)17(26(8)24-16)18(28)23-14-11-21(4,5)25-22(6,7)12-14/h14,25H,9-13H2,1-8H3,(H,23,28). The molecule has 0 aliphatic carbocycles. The summed E-state index contributed by atoms with van der Waals surface area (Å²) in [6.45, 7) is 15.1. The minimum atomic E-state index is -0.554. The highest BCUT2D eigenvalue weighted by Crippen LogP contribution is 2.29. The first-order chi connectivity index (χ1) is 13.7. The molecule has 0 atom stereocenters. The lowest BCUT2D eigenvalue weighted by molar-refractivity contribution is 0.0222. The van der Waals surface area contributed by atoms with Crippen LogP contribution >= 0.6 is 0 Å². The Morgan fingerprint density at radius 2 is 1.77 bits per heavy atom. The second-order valence-electron chi connectivity index (χ2n) is 11.0. The van der Waals surface area contributed by atoms with Crippen molar-refractivity contribution in [2.24, 2.45) is 7.05 Å². The van der Waals surface area contributed by atoms with Crippen LogP contribution in [0.25, 0.3) is 0 Å². The number of carbonyl (C=O) groups is 2. The van der Waals surface area contributed by atoms with E-state index in [1.807, 2.05) is 20.8 Å². The summed E-state index contributed by atoms with van der Waals surface area (Å²) in [6, 6.07) is 0.0693. The van der Waals surface area contributed by atoms with Crippen LogP contribution in [0.4, 0.5) is 4.79 Å². The number of rotatable bonds is 2. The summed E-state index contributed by atoms with van der Waals surface area (Å²) in [5.41, 5.74) is 1.57. The van der Waals surface area contributed by atoms with Gasteiger partial charge in [-0.3, -0.25) is 9.48 Å². The van der Waals surface area contributed by atoms with Crippen molar-refractivity contribution in [2.45, 2.75) is 97.0 Å². The predicted molar refractivity (Wildman–Crippen MR) is 115 cm³/mol. The second kappa shape index (κ2) is 7.55. The Kier molecular flexibility index (Phi) is 5.69. The summed E-state index contributed by atoms with van der Waals surface area (Å²) >= 11 is 0. The first-order valence-corrected chi connectivity index (χ1v) is 10.8. The number of aromatic nitrogens is 2. The molecule has 3 rings (SSSR count). The van der Waals surface area contributed by atoms with Crippen molar-refractivity contribution in [3.63, 3.8) is 0 Å². The van der Waals surface area contributed by atoms with Gasteiger partial charge in [-0.1, -0.05) is 0 Å². The van der Waals surface area contributed by atoms with Gasteiger partial charge in [-0.2, -0.15) is 5.10 Å². The molecule has 1 aromatic rings. The van der Waals surface area contributed by atoms with Gasteiger partial charge in [0.2, 0.25) is 0 Å². The van der Waals surface area contributed by atoms with Gasteiger partial charge < -0.3 is 20.3 Å². The van der Waals surface area contributed by atoms with Gasteiger partial charge in [0, 0.05) is 42.7 Å². The van der Waals surface area contributed by atoms with E-state index in [0.29, 0.717) is 25.2 Å². The topological polar surface area (TPSA) is 88.5 Å². The van der Waals surface area contributed by atoms with E-state index >= 15 is 0 Å². The van der Waals surface area contributed by atoms with Gasteiger partial charge in [0.05, 0.1) is 12.2 Å². The zero-order valence-electron chi connectivity index (χ0n) is 19.7. The van der Waals surface area contributed by atoms with Gasteiger partial charge in [0.1, 0.15) is 11.3 Å². The Morgan fingerprint density at radius 1 is 1.17 bits per heavy atom. The van der Waals surface area contributed by atoms with E-state index in [4.69, 9.17) is 4.74 Å². The number of fused-ring (bicyclic) bond motifs is 1. The molecule has 8 nitrogen and oxygen atoms in total. The molecule has 2 aliphatic heterocycles. The van der Waals surface area contributed by atoms with E-state index in [1.54, 1.807) is 16.6 Å². The smallest absolute Gasteiger partial charge is 0.410 e. The number of piperidine rings is 1. The molecule has 0 spiro atoms. The minimum absolute atomic E-state index is 0.0565. The van der Waals surface area contributed by atoms with Crippen LogP contribution in [0.2, 0.25) is 0 Å². The zero-order chi connectivity index (χ0) is 22.5. The predicted octanol–water partition coefficient (Wildman–Crippen LogP) is 2.75. The molecule has 2 amide bonds. The molecule has 1 fully saturated rings. The van der Waals surface area contributed by atoms with E-state index in [1.165, 1.54) is 0 Å². The summed E-state index contributed by atoms with van der Waals surface area (Å²) < 4.78 is 7.17. The molecule has 0 aromatic carbocycles. The molecule has 0 radical (unpaired) electrons. The van der Waals surface area contributed by atoms with Gasteiger partial charge in [0.15, 0.2) is 0 Å². The van der Waals surface area contributed by atoms with Crippen molar-refractivity contribution < 1.29 is 14.3 Å². The normalized spacial score (nSPS) is 21.1. The van der Waals surface area contributed by atoms with Crippen molar-refractivity contribution in [1.82, 2.24) is 25.3 Å². The molecule has 0 unspecified atom stereocenters. The lowest BCUT2D eigenvalue weighted by Gasteiger charge is -2.46. The average molecular weight is 420 g/mol. The number of ether oxygens (including phenoxy) is 1. The van der Waals surface area contributed by atoms with E-state index in [2.05, 4.69) is 43.4 Å². The van der Waals surface area contributed by atoms with Gasteiger partial charge in [-0.25, -0.2) is 4.79 Å². The molecule has 0 bridgehead atoms. The van der Waals surface area contributed by atoms with E-state index < -0.39 is 5.60 Å². The third kappa shape index (κ3) is 5.14. The van der Waals surface area contributed by atoms with Crippen molar-refractivity contribution in [3.05, 3.63) is 17.0 Å². The maximum atomic E-state index is 13.3. The van der Waals surface area contributed by atoms with Crippen LogP contribution in [-0.2, 0) is 24.8 Å². The maximum Gasteiger partial charge on any atom is 0.410 e. The van der Waals surface area contributed by atoms with Crippen LogP contribution in [0.3, 0.4) is 0 Å². The number of hydrogen-bond donors (Lipinski definition) is 2. The molecule has 1 aromatic heterocycles. The summed E-state index contributed by atoms with van der Waals surface area (Å²) in [4.78, 5) is 27.5. The second-order valence-corrected chi connectivity index (χ2v) is 11.0. The molecule has 30 heavy (non-hydrogen) atoms. The van der Waals surface area contributed by atoms with Crippen LogP contribution in [0.5, 0.6) is 0 Å². The van der Waals surface area contributed by atoms with Gasteiger partial charge >= 0.3 is 6.09 Å². The molecule has 1 saturated heterocycles. The maximum absolute atomic E-state index is 13.3. The first-order valence-electron chi connectivity index (χ1n) is 10.8. The zero-order valence-corrected chi connectivity index (χ0v) is 19.7. The highest BCUT2D eigenvalue weighted by atomic mass is 16.6. The number of nitrogens with zero attached hydrogens (tertiary/aromatic N) is 3. The molecule has 3 heterocycles. The monoisotopic (exact) mass is 419 g/mol. The quantitative estimate of drug-likeness (QED) is 0.770. The Labute approximate surface area is 179 Å². The number of amides is 2. The summed E-state index contributed by atoms with van der Waals surface area (Å²) in [6.07, 6.45) is 1.96. The molecule has 168 valence electrons. The van der Waals surface area contributed by atoms with E-state index in [-0.39, 0.29) is 29.1 Å². The highest BCUT2D eigenvalue weighted by molar-refractivity contribution is 5.94. The minimum Gasteiger partial charge on any atom is -0.444 e. The number of carbonyl (C=O) groups excluding carboxylic acids is 2. The fourth-order valence-electron chi connectivity index (χ4n) is 4.95. The van der Waals surface area contributed by atoms with Crippen LogP contribution in [0, 0.1) is 0 Å². The summed E-state index contributed by atoms with van der Waals surface area (Å²) in [5, 5.41) is 11.4. The Hall–Kier alpha value is -2.09. The van der Waals surface area contributed by atoms with Crippen molar-refractivity contribution in [3.8, 4) is 0 Å². The summed E-state index contributed by atoms with van der Waals surface area (Å²) in [7, 11) is 1.79. The first kappa shape index (κ1) is 22.6. The van der Waals surface area contributed by atoms with Crippen LogP contribution in [0.1, 0.15) is 83.1 Å². The third-order valence-corrected chi connectivity index (χ3v) is 5.59. The van der Waals surface area contributed by atoms with Gasteiger partial charge in [-0.05, 0) is 61.3 Å². The van der Waals surface area contributed by atoms with Crippen molar-refractivity contribution in [1.29, 1.82) is 0 Å². The SMILES string of the molecule is Cn1nc2c(c1C(=O)NC1CC(C)(C)NC(C)(C)C1)CN(C(=O)OC(C)(C)C)CC2. The number of aryl methyl sites for hydroxylation is 1. The molecule has 2 aliphatic rings. The Balaban J connectivity index is 1.77. The third-order valence-electron chi connectivity index (χ3n) is 5.59. The van der Waals surface area contributed by atoms with Gasteiger partial charge in [0.25, 0.3) is 5.91 Å². The summed E-state index contributed by atoms with van der Waals surface area (Å²) in [5.74, 6) is -0.129. The number of nitrogens with one attached hydrogen (secondary N) is 2. The highest BCUT2D eigenvalue weighted by Gasteiger charge is 2.39. The van der Waals surface area contributed by atoms with E-state index in [0.717, 1.165) is 24.1 Å². The lowest BCUT2D eigenvalue weighted by atomic mass is 9.79. The molecule has 0 saturated carbocycles. The van der Waals surface area contributed by atoms with E-state index in [9.17, 15) is 9.59 Å². The molecule has 2 N–H and O–H groups in total. The van der Waals surface area contributed by atoms with Crippen molar-refractivity contribution in [2.75, 3.05) is 6.54 Å². The largest absolute Gasteiger partial charge is 0.444 e. The van der Waals surface area contributed by atoms with Gasteiger partial charge in [-0.15, -0.1) is 0 Å². The molecular formula is C22H37N5O3. The molecule has 8 heteroatoms. The van der Waals surface area contributed by atoms with Crippen LogP contribution < -0.4 is 10.6 Å². The van der Waals surface area contributed by atoms with Crippen LogP contribution in [0.15, 0.2) is 0 Å². The van der Waals surface area contributed by atoms with Crippen LogP contribution in [-0.4, -0.2) is 55.9 Å². The number of hydrogen-bond acceptors (Lipinski definition) is 5. The Bertz CT molecular complexity index is 819. The fourth-order valence-corrected chi connectivity index (χ4v) is 4.95.